The fraction of sp³-hybridized carbons (Fsp3) is 0.564. The molecule has 1 heterocycles. The molecular weight excluding hydrogens is 847 g/mol. The molecule has 1 aliphatic rings. The van der Waals surface area contributed by atoms with Gasteiger partial charge in [0.2, 0.25) is 59.1 Å². The van der Waals surface area contributed by atoms with Gasteiger partial charge < -0.3 is 64.4 Å². The van der Waals surface area contributed by atoms with Crippen molar-refractivity contribution in [3.63, 3.8) is 0 Å². The second-order valence-corrected chi connectivity index (χ2v) is 16.1. The second-order valence-electron chi connectivity index (χ2n) is 15.1. The Morgan fingerprint density at radius 2 is 1.32 bits per heavy atom. The quantitative estimate of drug-likeness (QED) is 0.0418. The molecule has 348 valence electrons. The zero-order valence-electron chi connectivity index (χ0n) is 35.6. The molecule has 0 saturated carbocycles. The number of likely N-dealkylation sites (tertiary alicyclic amines) is 1. The van der Waals surface area contributed by atoms with Gasteiger partial charge in [0.25, 0.3) is 0 Å². The van der Waals surface area contributed by atoms with Crippen LogP contribution < -0.4 is 54.4 Å². The summed E-state index contributed by atoms with van der Waals surface area (Å²) in [6.45, 7) is 3.40. The molecule has 0 spiro atoms. The van der Waals surface area contributed by atoms with E-state index in [-0.39, 0.29) is 19.4 Å². The van der Waals surface area contributed by atoms with Gasteiger partial charge in [0.1, 0.15) is 42.8 Å². The topological polar surface area (TPSA) is 374 Å². The van der Waals surface area contributed by atoms with E-state index in [1.165, 1.54) is 23.6 Å². The van der Waals surface area contributed by atoms with Crippen molar-refractivity contribution in [2.75, 3.05) is 31.6 Å². The summed E-state index contributed by atoms with van der Waals surface area (Å²) in [6, 6.07) is -0.826. The number of amides is 10. The summed E-state index contributed by atoms with van der Waals surface area (Å²) in [4.78, 5) is 142. The third-order valence-electron chi connectivity index (χ3n) is 9.64. The van der Waals surface area contributed by atoms with Crippen LogP contribution in [0.5, 0.6) is 0 Å². The van der Waals surface area contributed by atoms with E-state index >= 15 is 0 Å². The number of primary amides is 2. The first-order chi connectivity index (χ1) is 29.6. The number of benzene rings is 1. The normalized spacial score (nSPS) is 16.2. The fourth-order valence-electron chi connectivity index (χ4n) is 6.29. The van der Waals surface area contributed by atoms with E-state index in [4.69, 9.17) is 22.3 Å². The van der Waals surface area contributed by atoms with Gasteiger partial charge in [-0.05, 0) is 49.7 Å². The van der Waals surface area contributed by atoms with Gasteiger partial charge in [-0.2, -0.15) is 11.8 Å². The van der Waals surface area contributed by atoms with Crippen LogP contribution in [0.4, 0.5) is 0 Å². The molecule has 2 rings (SSSR count). The molecule has 0 bridgehead atoms. The molecule has 1 aliphatic heterocycles. The molecule has 14 N–H and O–H groups in total. The van der Waals surface area contributed by atoms with Gasteiger partial charge in [-0.1, -0.05) is 44.2 Å². The van der Waals surface area contributed by atoms with Crippen molar-refractivity contribution in [2.45, 2.75) is 102 Å². The van der Waals surface area contributed by atoms with Crippen LogP contribution in [0.15, 0.2) is 30.3 Å². The molecule has 0 radical (unpaired) electrons. The standard InChI is InChI=1S/C39H59N11O12S/c1-20(2)32(49-34(57)23(40)12-14-63-4)39(62)50-13-8-11-27(50)38(61)48-26(17-29(42)52)37(60)46-24(15-22-9-6-5-7-10-22)36(59)47-25(16-28(41)51)35(58)43-18-30(53)45-21(3)33(56)44-19-31(54)55/h5-7,9-10,20-21,23-27,32H,8,11-19,40H2,1-4H3,(H2,41,51)(H2,42,52)(H,43,58)(H,44,56)(H,45,53)(H,46,60)(H,47,59)(H,48,61)(H,49,57)(H,54,55)/t21-,23-,24-,25-,26-,27-,32-/m0/s1. The van der Waals surface area contributed by atoms with Gasteiger partial charge in [-0.25, -0.2) is 0 Å². The lowest BCUT2D eigenvalue weighted by atomic mass is 10.0. The Hall–Kier alpha value is -6.30. The van der Waals surface area contributed by atoms with Gasteiger partial charge in [-0.15, -0.1) is 0 Å². The Morgan fingerprint density at radius 1 is 0.746 bits per heavy atom. The van der Waals surface area contributed by atoms with Gasteiger partial charge >= 0.3 is 5.97 Å². The van der Waals surface area contributed by atoms with Gasteiger partial charge in [0, 0.05) is 13.0 Å². The number of carbonyl (C=O) groups is 11. The zero-order chi connectivity index (χ0) is 47.4. The molecule has 23 nitrogen and oxygen atoms in total. The molecule has 24 heteroatoms. The zero-order valence-corrected chi connectivity index (χ0v) is 36.4. The minimum atomic E-state index is -1.69. The molecule has 10 amide bonds. The molecule has 0 aromatic heterocycles. The average Bonchev–Trinajstić information content (AvgIpc) is 3.72. The number of nitrogens with zero attached hydrogens (tertiary/aromatic N) is 1. The predicted molar refractivity (Wildman–Crippen MR) is 227 cm³/mol. The van der Waals surface area contributed by atoms with E-state index in [0.29, 0.717) is 24.2 Å². The first kappa shape index (κ1) is 52.8. The predicted octanol–water partition coefficient (Wildman–Crippen LogP) is -4.53. The van der Waals surface area contributed by atoms with Crippen LogP contribution in [0.25, 0.3) is 0 Å². The second kappa shape index (κ2) is 26.2. The largest absolute Gasteiger partial charge is 0.480 e. The van der Waals surface area contributed by atoms with Gasteiger partial charge in [0.15, 0.2) is 0 Å². The fourth-order valence-corrected chi connectivity index (χ4v) is 6.78. The number of carboxylic acid groups (broad SMARTS) is 1. The maximum Gasteiger partial charge on any atom is 0.322 e. The summed E-state index contributed by atoms with van der Waals surface area (Å²) in [5, 5.41) is 25.3. The van der Waals surface area contributed by atoms with Crippen molar-refractivity contribution in [1.29, 1.82) is 0 Å². The Labute approximate surface area is 368 Å². The highest BCUT2D eigenvalue weighted by atomic mass is 32.2. The molecule has 63 heavy (non-hydrogen) atoms. The van der Waals surface area contributed by atoms with Crippen molar-refractivity contribution in [2.24, 2.45) is 23.1 Å². The van der Waals surface area contributed by atoms with Crippen molar-refractivity contribution >= 4 is 76.8 Å². The minimum absolute atomic E-state index is 0.149. The summed E-state index contributed by atoms with van der Waals surface area (Å²) in [5.41, 5.74) is 17.3. The Morgan fingerprint density at radius 3 is 1.89 bits per heavy atom. The molecule has 1 aromatic carbocycles. The van der Waals surface area contributed by atoms with E-state index < -0.39 is 139 Å². The summed E-state index contributed by atoms with van der Waals surface area (Å²) in [6.07, 6.45) is 1.13. The van der Waals surface area contributed by atoms with Crippen LogP contribution in [0.1, 0.15) is 58.4 Å². The number of carbonyl (C=O) groups excluding carboxylic acids is 10. The van der Waals surface area contributed by atoms with Gasteiger partial charge in [-0.3, -0.25) is 52.7 Å². The maximum atomic E-state index is 13.9. The molecular formula is C39H59N11O12S. The summed E-state index contributed by atoms with van der Waals surface area (Å²) in [5.74, 6) is -9.84. The average molecular weight is 906 g/mol. The number of rotatable bonds is 26. The SMILES string of the molecule is CSCC[C@H](N)C(=O)N[C@H](C(=O)N1CCC[C@H]1C(=O)N[C@@H](CC(N)=O)C(=O)N[C@@H](Cc1ccccc1)C(=O)N[C@@H](CC(N)=O)C(=O)NCC(=O)N[C@@H](C)C(=O)NCC(=O)O)C(C)C. The minimum Gasteiger partial charge on any atom is -0.480 e. The van der Waals surface area contributed by atoms with E-state index in [9.17, 15) is 52.7 Å². The lowest BCUT2D eigenvalue weighted by Crippen LogP contribution is -2.60. The lowest BCUT2D eigenvalue weighted by Gasteiger charge is -2.32. The maximum absolute atomic E-state index is 13.9. The van der Waals surface area contributed by atoms with Crippen molar-refractivity contribution in [3.05, 3.63) is 35.9 Å². The summed E-state index contributed by atoms with van der Waals surface area (Å²) >= 11 is 1.51. The highest BCUT2D eigenvalue weighted by molar-refractivity contribution is 7.98. The van der Waals surface area contributed by atoms with Crippen LogP contribution in [-0.2, 0) is 59.2 Å². The third kappa shape index (κ3) is 18.3. The molecule has 1 aromatic rings. The van der Waals surface area contributed by atoms with Crippen LogP contribution in [0, 0.1) is 5.92 Å². The number of hydrogen-bond acceptors (Lipinski definition) is 13. The molecule has 0 aliphatic carbocycles. The van der Waals surface area contributed by atoms with Crippen LogP contribution in [-0.4, -0.2) is 149 Å². The number of thioether (sulfide) groups is 1. The Kier molecular flexibility index (Phi) is 22.0. The number of nitrogens with two attached hydrogens (primary N) is 3. The van der Waals surface area contributed by atoms with Crippen molar-refractivity contribution < 1.29 is 57.8 Å². The van der Waals surface area contributed by atoms with Crippen LogP contribution >= 0.6 is 11.8 Å². The van der Waals surface area contributed by atoms with Crippen LogP contribution in [0.2, 0.25) is 0 Å². The smallest absolute Gasteiger partial charge is 0.322 e. The monoisotopic (exact) mass is 905 g/mol. The first-order valence-electron chi connectivity index (χ1n) is 20.1. The third-order valence-corrected chi connectivity index (χ3v) is 10.3. The number of nitrogens with one attached hydrogen (secondary N) is 7. The van der Waals surface area contributed by atoms with Crippen LogP contribution in [0.3, 0.4) is 0 Å². The molecule has 1 fully saturated rings. The molecule has 7 atom stereocenters. The highest BCUT2D eigenvalue weighted by Crippen LogP contribution is 2.21. The number of hydrogen-bond donors (Lipinski definition) is 11. The Balaban J connectivity index is 2.28. The Bertz CT molecular complexity index is 1840. The van der Waals surface area contributed by atoms with E-state index in [1.807, 2.05) is 6.26 Å². The van der Waals surface area contributed by atoms with Gasteiger partial charge in [0.05, 0.1) is 25.4 Å². The molecule has 1 saturated heterocycles. The van der Waals surface area contributed by atoms with Crippen molar-refractivity contribution in [1.82, 2.24) is 42.1 Å². The summed E-state index contributed by atoms with van der Waals surface area (Å²) in [7, 11) is 0. The van der Waals surface area contributed by atoms with E-state index in [0.717, 1.165) is 0 Å². The molecule has 0 unspecified atom stereocenters. The highest BCUT2D eigenvalue weighted by Gasteiger charge is 2.41. The van der Waals surface area contributed by atoms with Crippen molar-refractivity contribution in [3.8, 4) is 0 Å². The first-order valence-corrected chi connectivity index (χ1v) is 21.5. The van der Waals surface area contributed by atoms with E-state index in [1.54, 1.807) is 44.2 Å². The van der Waals surface area contributed by atoms with E-state index in [2.05, 4.69) is 37.2 Å². The lowest BCUT2D eigenvalue weighted by molar-refractivity contribution is -0.143. The number of carboxylic acids is 1. The number of aliphatic carboxylic acids is 1. The summed E-state index contributed by atoms with van der Waals surface area (Å²) < 4.78 is 0.